The smallest absolute Gasteiger partial charge is 0.255 e. The second kappa shape index (κ2) is 6.76. The lowest BCUT2D eigenvalue weighted by atomic mass is 10.0. The van der Waals surface area contributed by atoms with Crippen molar-refractivity contribution in [1.29, 1.82) is 0 Å². The number of aromatic nitrogens is 2. The van der Waals surface area contributed by atoms with Gasteiger partial charge in [0, 0.05) is 19.4 Å². The average molecular weight is 339 g/mol. The van der Waals surface area contributed by atoms with Crippen molar-refractivity contribution < 1.29 is 14.3 Å². The van der Waals surface area contributed by atoms with Crippen LogP contribution in [0.5, 0.6) is 5.75 Å². The van der Waals surface area contributed by atoms with Crippen LogP contribution in [0.2, 0.25) is 0 Å². The lowest BCUT2D eigenvalue weighted by Crippen LogP contribution is -2.31. The summed E-state index contributed by atoms with van der Waals surface area (Å²) in [4.78, 5) is 17.0. The molecule has 0 radical (unpaired) electrons. The Morgan fingerprint density at radius 3 is 2.72 bits per heavy atom. The Hall–Kier alpha value is -3.15. The lowest BCUT2D eigenvalue weighted by molar-refractivity contribution is 0.0938. The van der Waals surface area contributed by atoms with Crippen LogP contribution in [0.15, 0.2) is 54.9 Å². The van der Waals surface area contributed by atoms with E-state index in [9.17, 15) is 14.3 Å². The normalized spacial score (nSPS) is 12.0. The first-order valence-corrected chi connectivity index (χ1v) is 7.79. The van der Waals surface area contributed by atoms with Crippen LogP contribution in [-0.4, -0.2) is 20.6 Å². The average Bonchev–Trinajstić information content (AvgIpc) is 3.00. The predicted octanol–water partition coefficient (Wildman–Crippen LogP) is 3.09. The fourth-order valence-electron chi connectivity index (χ4n) is 2.69. The molecule has 0 fully saturated rings. The third-order valence-corrected chi connectivity index (χ3v) is 4.06. The number of phenolic OH excluding ortho intramolecular Hbond substituents is 1. The highest BCUT2D eigenvalue weighted by Gasteiger charge is 2.23. The SMILES string of the molecule is Cc1cccc(C(=O)NC(c2cccc(F)c2)c2nccn2C)c1O. The minimum Gasteiger partial charge on any atom is -0.507 e. The Kier molecular flexibility index (Phi) is 4.52. The summed E-state index contributed by atoms with van der Waals surface area (Å²) >= 11 is 0. The topological polar surface area (TPSA) is 67.2 Å². The van der Waals surface area contributed by atoms with Gasteiger partial charge in [-0.2, -0.15) is 0 Å². The number of hydrogen-bond acceptors (Lipinski definition) is 3. The van der Waals surface area contributed by atoms with Crippen molar-refractivity contribution in [3.8, 4) is 5.75 Å². The van der Waals surface area contributed by atoms with Crippen LogP contribution in [-0.2, 0) is 7.05 Å². The van der Waals surface area contributed by atoms with Gasteiger partial charge in [0.25, 0.3) is 5.91 Å². The number of imidazole rings is 1. The number of aryl methyl sites for hydroxylation is 2. The number of carbonyl (C=O) groups is 1. The third-order valence-electron chi connectivity index (χ3n) is 4.06. The highest BCUT2D eigenvalue weighted by atomic mass is 19.1. The van der Waals surface area contributed by atoms with E-state index in [1.807, 2.05) is 0 Å². The number of nitrogens with one attached hydrogen (secondary N) is 1. The molecule has 0 aliphatic rings. The molecule has 2 N–H and O–H groups in total. The van der Waals surface area contributed by atoms with E-state index < -0.39 is 17.8 Å². The Bertz CT molecular complexity index is 921. The summed E-state index contributed by atoms with van der Waals surface area (Å²) in [6, 6.07) is 10.3. The van der Waals surface area contributed by atoms with Crippen molar-refractivity contribution in [2.75, 3.05) is 0 Å². The molecule has 5 nitrogen and oxygen atoms in total. The maximum atomic E-state index is 13.7. The van der Waals surface area contributed by atoms with Gasteiger partial charge in [-0.15, -0.1) is 0 Å². The van der Waals surface area contributed by atoms with Crippen molar-refractivity contribution >= 4 is 5.91 Å². The monoisotopic (exact) mass is 339 g/mol. The Morgan fingerprint density at radius 2 is 2.04 bits per heavy atom. The van der Waals surface area contributed by atoms with Gasteiger partial charge in [-0.05, 0) is 36.2 Å². The number of phenols is 1. The predicted molar refractivity (Wildman–Crippen MR) is 91.8 cm³/mol. The Morgan fingerprint density at radius 1 is 1.28 bits per heavy atom. The fourth-order valence-corrected chi connectivity index (χ4v) is 2.69. The zero-order valence-corrected chi connectivity index (χ0v) is 13.9. The third kappa shape index (κ3) is 3.38. The Labute approximate surface area is 144 Å². The van der Waals surface area contributed by atoms with E-state index in [0.717, 1.165) is 0 Å². The second-order valence-electron chi connectivity index (χ2n) is 5.83. The minimum absolute atomic E-state index is 0.0715. The van der Waals surface area contributed by atoms with Crippen molar-refractivity contribution in [2.24, 2.45) is 7.05 Å². The highest BCUT2D eigenvalue weighted by molar-refractivity contribution is 5.97. The molecule has 0 saturated heterocycles. The fraction of sp³-hybridized carbons (Fsp3) is 0.158. The van der Waals surface area contributed by atoms with E-state index in [1.165, 1.54) is 12.1 Å². The summed E-state index contributed by atoms with van der Waals surface area (Å²) in [5, 5.41) is 13.0. The van der Waals surface area contributed by atoms with Gasteiger partial charge in [-0.3, -0.25) is 4.79 Å². The van der Waals surface area contributed by atoms with Gasteiger partial charge in [0.15, 0.2) is 0 Å². The number of nitrogens with zero attached hydrogens (tertiary/aromatic N) is 2. The van der Waals surface area contributed by atoms with Crippen molar-refractivity contribution in [2.45, 2.75) is 13.0 Å². The largest absolute Gasteiger partial charge is 0.507 e. The molecular formula is C19H18FN3O2. The van der Waals surface area contributed by atoms with Crippen LogP contribution < -0.4 is 5.32 Å². The van der Waals surface area contributed by atoms with Gasteiger partial charge in [0.05, 0.1) is 5.56 Å². The molecule has 1 amide bonds. The van der Waals surface area contributed by atoms with E-state index in [2.05, 4.69) is 10.3 Å². The van der Waals surface area contributed by atoms with E-state index in [1.54, 1.807) is 61.3 Å². The lowest BCUT2D eigenvalue weighted by Gasteiger charge is -2.20. The number of hydrogen-bond donors (Lipinski definition) is 2. The summed E-state index contributed by atoms with van der Waals surface area (Å²) in [6.07, 6.45) is 3.36. The van der Waals surface area contributed by atoms with Gasteiger partial charge in [0.1, 0.15) is 23.4 Å². The maximum absolute atomic E-state index is 13.7. The molecule has 2 aromatic carbocycles. The van der Waals surface area contributed by atoms with Crippen LogP contribution in [0.3, 0.4) is 0 Å². The molecule has 3 aromatic rings. The minimum atomic E-state index is -0.650. The molecule has 1 heterocycles. The first-order valence-electron chi connectivity index (χ1n) is 7.79. The van der Waals surface area contributed by atoms with Gasteiger partial charge >= 0.3 is 0 Å². The maximum Gasteiger partial charge on any atom is 0.255 e. The summed E-state index contributed by atoms with van der Waals surface area (Å²) in [7, 11) is 1.80. The Balaban J connectivity index is 2.00. The molecule has 1 aromatic heterocycles. The molecule has 25 heavy (non-hydrogen) atoms. The number of carbonyl (C=O) groups excluding carboxylic acids is 1. The van der Waals surface area contributed by atoms with Crippen LogP contribution >= 0.6 is 0 Å². The number of benzene rings is 2. The van der Waals surface area contributed by atoms with Crippen molar-refractivity contribution in [3.05, 3.63) is 83.2 Å². The number of para-hydroxylation sites is 1. The quantitative estimate of drug-likeness (QED) is 0.767. The summed E-state index contributed by atoms with van der Waals surface area (Å²) in [5.74, 6) is -0.369. The zero-order chi connectivity index (χ0) is 18.0. The molecule has 0 aliphatic heterocycles. The van der Waals surface area contributed by atoms with Gasteiger partial charge in [-0.25, -0.2) is 9.37 Å². The van der Waals surface area contributed by atoms with Gasteiger partial charge in [0.2, 0.25) is 0 Å². The molecule has 1 atom stereocenters. The molecule has 0 saturated carbocycles. The van der Waals surface area contributed by atoms with Crippen LogP contribution in [0.25, 0.3) is 0 Å². The standard InChI is InChI=1S/C19H18FN3O2/c1-12-5-3-8-15(17(12)24)19(25)22-16(18-21-9-10-23(18)2)13-6-4-7-14(20)11-13/h3-11,16,24H,1-2H3,(H,22,25). The molecule has 3 rings (SSSR count). The number of aromatic hydroxyl groups is 1. The number of amides is 1. The van der Waals surface area contributed by atoms with E-state index >= 15 is 0 Å². The summed E-state index contributed by atoms with van der Waals surface area (Å²) < 4.78 is 15.4. The first-order chi connectivity index (χ1) is 12.0. The van der Waals surface area contributed by atoms with Crippen LogP contribution in [0.4, 0.5) is 4.39 Å². The van der Waals surface area contributed by atoms with E-state index in [-0.39, 0.29) is 11.3 Å². The number of rotatable bonds is 4. The van der Waals surface area contributed by atoms with E-state index in [0.29, 0.717) is 17.0 Å². The number of halogens is 1. The van der Waals surface area contributed by atoms with E-state index in [4.69, 9.17) is 0 Å². The summed E-state index contributed by atoms with van der Waals surface area (Å²) in [6.45, 7) is 1.72. The second-order valence-corrected chi connectivity index (χ2v) is 5.83. The van der Waals surface area contributed by atoms with Crippen LogP contribution in [0, 0.1) is 12.7 Å². The van der Waals surface area contributed by atoms with Crippen molar-refractivity contribution in [1.82, 2.24) is 14.9 Å². The first kappa shape index (κ1) is 16.7. The molecule has 0 spiro atoms. The molecule has 128 valence electrons. The highest BCUT2D eigenvalue weighted by Crippen LogP contribution is 2.25. The molecule has 0 bridgehead atoms. The van der Waals surface area contributed by atoms with Gasteiger partial charge < -0.3 is 15.0 Å². The van der Waals surface area contributed by atoms with Crippen molar-refractivity contribution in [3.63, 3.8) is 0 Å². The summed E-state index contributed by atoms with van der Waals surface area (Å²) in [5.41, 5.74) is 1.33. The molecule has 0 aliphatic carbocycles. The van der Waals surface area contributed by atoms with Crippen LogP contribution in [0.1, 0.15) is 33.4 Å². The van der Waals surface area contributed by atoms with Gasteiger partial charge in [-0.1, -0.05) is 24.3 Å². The molecule has 1 unspecified atom stereocenters. The molecule has 6 heteroatoms. The molecular weight excluding hydrogens is 321 g/mol. The zero-order valence-electron chi connectivity index (χ0n) is 13.9.